The van der Waals surface area contributed by atoms with Crippen LogP contribution in [0.25, 0.3) is 11.1 Å². The quantitative estimate of drug-likeness (QED) is 0.833. The van der Waals surface area contributed by atoms with Crippen molar-refractivity contribution < 1.29 is 0 Å². The summed E-state index contributed by atoms with van der Waals surface area (Å²) in [5.41, 5.74) is 13.0. The topological polar surface area (TPSA) is 29.3 Å². The number of nitrogens with two attached hydrogens (primary N) is 1. The predicted molar refractivity (Wildman–Crippen MR) is 89.3 cm³/mol. The molecule has 0 amide bonds. The smallest absolute Gasteiger partial charge is 0.0373 e. The standard InChI is InChI=1S/C18H24N2/c1-5-20(6-2)17-9-7-15(8-10-17)16-11-13(3)18(19)14(4)12-16/h7-12H,5-6,19H2,1-4H3. The molecule has 0 saturated carbocycles. The second-order valence-corrected chi connectivity index (χ2v) is 5.24. The van der Waals surface area contributed by atoms with Crippen LogP contribution in [0.4, 0.5) is 11.4 Å². The first kappa shape index (κ1) is 14.4. The van der Waals surface area contributed by atoms with Gasteiger partial charge in [0, 0.05) is 24.5 Å². The molecule has 2 N–H and O–H groups in total. The maximum absolute atomic E-state index is 6.02. The van der Waals surface area contributed by atoms with E-state index < -0.39 is 0 Å². The lowest BCUT2D eigenvalue weighted by Crippen LogP contribution is -2.21. The van der Waals surface area contributed by atoms with E-state index in [0.29, 0.717) is 0 Å². The van der Waals surface area contributed by atoms with E-state index in [9.17, 15) is 0 Å². The summed E-state index contributed by atoms with van der Waals surface area (Å²) in [6.07, 6.45) is 0. The van der Waals surface area contributed by atoms with E-state index in [0.717, 1.165) is 29.9 Å². The van der Waals surface area contributed by atoms with Crippen molar-refractivity contribution in [1.82, 2.24) is 0 Å². The van der Waals surface area contributed by atoms with Gasteiger partial charge in [-0.05, 0) is 74.2 Å². The maximum Gasteiger partial charge on any atom is 0.0373 e. The van der Waals surface area contributed by atoms with Crippen LogP contribution in [0.3, 0.4) is 0 Å². The van der Waals surface area contributed by atoms with E-state index in [1.54, 1.807) is 0 Å². The maximum atomic E-state index is 6.02. The third-order valence-corrected chi connectivity index (χ3v) is 3.92. The van der Waals surface area contributed by atoms with E-state index in [-0.39, 0.29) is 0 Å². The Morgan fingerprint density at radius 3 is 1.80 bits per heavy atom. The molecule has 0 spiro atoms. The van der Waals surface area contributed by atoms with Crippen LogP contribution in [-0.4, -0.2) is 13.1 Å². The monoisotopic (exact) mass is 268 g/mol. The molecule has 0 saturated heterocycles. The van der Waals surface area contributed by atoms with E-state index in [1.165, 1.54) is 16.8 Å². The zero-order chi connectivity index (χ0) is 14.7. The SMILES string of the molecule is CCN(CC)c1ccc(-c2cc(C)c(N)c(C)c2)cc1. The number of nitrogen functional groups attached to an aromatic ring is 1. The largest absolute Gasteiger partial charge is 0.398 e. The molecule has 0 bridgehead atoms. The third-order valence-electron chi connectivity index (χ3n) is 3.92. The van der Waals surface area contributed by atoms with Gasteiger partial charge in [0.25, 0.3) is 0 Å². The molecule has 0 aliphatic rings. The Labute approximate surface area is 122 Å². The first-order valence-corrected chi connectivity index (χ1v) is 7.29. The van der Waals surface area contributed by atoms with Crippen LogP contribution < -0.4 is 10.6 Å². The van der Waals surface area contributed by atoms with Crippen LogP contribution in [0, 0.1) is 13.8 Å². The minimum atomic E-state index is 0.897. The van der Waals surface area contributed by atoms with Gasteiger partial charge in [-0.15, -0.1) is 0 Å². The van der Waals surface area contributed by atoms with Crippen molar-refractivity contribution in [2.75, 3.05) is 23.7 Å². The Balaban J connectivity index is 2.35. The van der Waals surface area contributed by atoms with Crippen LogP contribution in [0.2, 0.25) is 0 Å². The van der Waals surface area contributed by atoms with Crippen molar-refractivity contribution in [3.63, 3.8) is 0 Å². The van der Waals surface area contributed by atoms with Crippen molar-refractivity contribution in [1.29, 1.82) is 0 Å². The van der Waals surface area contributed by atoms with Gasteiger partial charge in [-0.25, -0.2) is 0 Å². The summed E-state index contributed by atoms with van der Waals surface area (Å²) in [6, 6.07) is 13.1. The molecule has 0 radical (unpaired) electrons. The van der Waals surface area contributed by atoms with Crippen molar-refractivity contribution in [2.24, 2.45) is 0 Å². The van der Waals surface area contributed by atoms with Crippen LogP contribution in [0.5, 0.6) is 0 Å². The average molecular weight is 268 g/mol. The summed E-state index contributed by atoms with van der Waals surface area (Å²) in [6.45, 7) is 10.6. The van der Waals surface area contributed by atoms with Crippen LogP contribution >= 0.6 is 0 Å². The van der Waals surface area contributed by atoms with Crippen molar-refractivity contribution >= 4 is 11.4 Å². The Hall–Kier alpha value is -1.96. The van der Waals surface area contributed by atoms with Gasteiger partial charge in [-0.3, -0.25) is 0 Å². The molecule has 0 atom stereocenters. The number of anilines is 2. The minimum Gasteiger partial charge on any atom is -0.398 e. The molecule has 0 aliphatic heterocycles. The van der Waals surface area contributed by atoms with Gasteiger partial charge in [0.15, 0.2) is 0 Å². The van der Waals surface area contributed by atoms with Crippen molar-refractivity contribution in [3.8, 4) is 11.1 Å². The Kier molecular flexibility index (Phi) is 4.33. The number of rotatable bonds is 4. The summed E-state index contributed by atoms with van der Waals surface area (Å²) in [7, 11) is 0. The van der Waals surface area contributed by atoms with E-state index in [1.807, 2.05) is 0 Å². The summed E-state index contributed by atoms with van der Waals surface area (Å²) in [4.78, 5) is 2.35. The van der Waals surface area contributed by atoms with Gasteiger partial charge in [0.05, 0.1) is 0 Å². The first-order valence-electron chi connectivity index (χ1n) is 7.29. The molecule has 2 rings (SSSR count). The Morgan fingerprint density at radius 2 is 1.35 bits per heavy atom. The molecule has 2 nitrogen and oxygen atoms in total. The second-order valence-electron chi connectivity index (χ2n) is 5.24. The molecule has 0 heterocycles. The molecule has 0 aliphatic carbocycles. The molecular formula is C18H24N2. The van der Waals surface area contributed by atoms with E-state index >= 15 is 0 Å². The van der Waals surface area contributed by atoms with Crippen molar-refractivity contribution in [3.05, 3.63) is 47.5 Å². The highest BCUT2D eigenvalue weighted by molar-refractivity contribution is 5.71. The van der Waals surface area contributed by atoms with Crippen LogP contribution in [0.15, 0.2) is 36.4 Å². The summed E-state index contributed by atoms with van der Waals surface area (Å²) >= 11 is 0. The van der Waals surface area contributed by atoms with Gasteiger partial charge in [-0.2, -0.15) is 0 Å². The van der Waals surface area contributed by atoms with Crippen LogP contribution in [0.1, 0.15) is 25.0 Å². The minimum absolute atomic E-state index is 0.897. The highest BCUT2D eigenvalue weighted by Crippen LogP contribution is 2.28. The molecule has 2 aromatic carbocycles. The normalized spacial score (nSPS) is 10.6. The summed E-state index contributed by atoms with van der Waals surface area (Å²) in [5.74, 6) is 0. The molecule has 2 aromatic rings. The molecule has 106 valence electrons. The number of aryl methyl sites for hydroxylation is 2. The molecule has 2 heteroatoms. The van der Waals surface area contributed by atoms with Gasteiger partial charge < -0.3 is 10.6 Å². The lowest BCUT2D eigenvalue weighted by molar-refractivity contribution is 0.866. The Bertz CT molecular complexity index is 558. The lowest BCUT2D eigenvalue weighted by atomic mass is 9.99. The average Bonchev–Trinajstić information content (AvgIpc) is 2.46. The predicted octanol–water partition coefficient (Wildman–Crippen LogP) is 4.40. The number of nitrogens with zero attached hydrogens (tertiary/aromatic N) is 1. The van der Waals surface area contributed by atoms with Gasteiger partial charge >= 0.3 is 0 Å². The van der Waals surface area contributed by atoms with E-state index in [4.69, 9.17) is 5.73 Å². The van der Waals surface area contributed by atoms with E-state index in [2.05, 4.69) is 69.0 Å². The fourth-order valence-corrected chi connectivity index (χ4v) is 2.59. The molecular weight excluding hydrogens is 244 g/mol. The summed E-state index contributed by atoms with van der Waals surface area (Å²) < 4.78 is 0. The van der Waals surface area contributed by atoms with Crippen LogP contribution in [-0.2, 0) is 0 Å². The molecule has 20 heavy (non-hydrogen) atoms. The first-order chi connectivity index (χ1) is 9.56. The molecule has 0 fully saturated rings. The second kappa shape index (κ2) is 6.00. The third kappa shape index (κ3) is 2.79. The van der Waals surface area contributed by atoms with Crippen molar-refractivity contribution in [2.45, 2.75) is 27.7 Å². The highest BCUT2D eigenvalue weighted by atomic mass is 15.1. The molecule has 0 aromatic heterocycles. The fourth-order valence-electron chi connectivity index (χ4n) is 2.59. The number of hydrogen-bond donors (Lipinski definition) is 1. The van der Waals surface area contributed by atoms with Gasteiger partial charge in [-0.1, -0.05) is 12.1 Å². The van der Waals surface area contributed by atoms with Gasteiger partial charge in [0.1, 0.15) is 0 Å². The zero-order valence-electron chi connectivity index (χ0n) is 12.9. The lowest BCUT2D eigenvalue weighted by Gasteiger charge is -2.21. The highest BCUT2D eigenvalue weighted by Gasteiger charge is 2.05. The molecule has 0 unspecified atom stereocenters. The Morgan fingerprint density at radius 1 is 0.850 bits per heavy atom. The fraction of sp³-hybridized carbons (Fsp3) is 0.333. The number of benzene rings is 2. The van der Waals surface area contributed by atoms with Gasteiger partial charge in [0.2, 0.25) is 0 Å². The number of hydrogen-bond acceptors (Lipinski definition) is 2. The zero-order valence-corrected chi connectivity index (χ0v) is 12.9. The summed E-state index contributed by atoms with van der Waals surface area (Å²) in [5, 5.41) is 0.